The number of pyridine rings is 1. The third-order valence-corrected chi connectivity index (χ3v) is 4.24. The third kappa shape index (κ3) is 2.94. The van der Waals surface area contributed by atoms with Crippen LogP contribution in [0.2, 0.25) is 0 Å². The molecule has 0 atom stereocenters. The van der Waals surface area contributed by atoms with Crippen molar-refractivity contribution in [2.75, 3.05) is 11.4 Å². The van der Waals surface area contributed by atoms with E-state index in [1.807, 2.05) is 23.7 Å². The normalized spacial score (nSPS) is 10.2. The summed E-state index contributed by atoms with van der Waals surface area (Å²) in [7, 11) is 0. The predicted molar refractivity (Wildman–Crippen MR) is 90.6 cm³/mol. The zero-order valence-corrected chi connectivity index (χ0v) is 13.0. The minimum Gasteiger partial charge on any atom is -0.333 e. The van der Waals surface area contributed by atoms with Crippen LogP contribution in [0.4, 0.5) is 10.7 Å². The van der Waals surface area contributed by atoms with E-state index in [9.17, 15) is 0 Å². The van der Waals surface area contributed by atoms with Gasteiger partial charge in [-0.25, -0.2) is 0 Å². The molecule has 3 rings (SSSR count). The Balaban J connectivity index is 0.00000147. The van der Waals surface area contributed by atoms with Gasteiger partial charge in [-0.15, -0.1) is 23.7 Å². The summed E-state index contributed by atoms with van der Waals surface area (Å²) in [5.74, 6) is 0. The minimum absolute atomic E-state index is 0. The summed E-state index contributed by atoms with van der Waals surface area (Å²) in [5.41, 5.74) is 1.21. The quantitative estimate of drug-likeness (QED) is 0.653. The van der Waals surface area contributed by atoms with Gasteiger partial charge in [-0.05, 0) is 36.1 Å². The van der Waals surface area contributed by atoms with Crippen molar-refractivity contribution in [3.05, 3.63) is 54.9 Å². The molecule has 0 spiro atoms. The van der Waals surface area contributed by atoms with Crippen molar-refractivity contribution in [2.45, 2.75) is 13.3 Å². The van der Waals surface area contributed by atoms with Gasteiger partial charge in [0.15, 0.2) is 0 Å². The monoisotopic (exact) mass is 304 g/mol. The second-order valence-corrected chi connectivity index (χ2v) is 5.54. The third-order valence-electron chi connectivity index (χ3n) is 3.10. The molecular weight excluding hydrogens is 288 g/mol. The molecule has 104 valence electrons. The number of hydrogen-bond acceptors (Lipinski definition) is 3. The topological polar surface area (TPSA) is 16.1 Å². The molecule has 0 amide bonds. The molecule has 0 saturated carbocycles. The highest BCUT2D eigenvalue weighted by Crippen LogP contribution is 2.36. The number of benzene rings is 1. The fourth-order valence-corrected chi connectivity index (χ4v) is 3.32. The fraction of sp³-hybridized carbons (Fsp3) is 0.188. The second-order valence-electron chi connectivity index (χ2n) is 4.48. The number of nitrogens with zero attached hydrogens (tertiary/aromatic N) is 2. The highest BCUT2D eigenvalue weighted by molar-refractivity contribution is 7.22. The van der Waals surface area contributed by atoms with Crippen LogP contribution in [0.15, 0.2) is 54.9 Å². The summed E-state index contributed by atoms with van der Waals surface area (Å²) in [6.07, 6.45) is 4.83. The van der Waals surface area contributed by atoms with E-state index in [2.05, 4.69) is 59.3 Å². The minimum atomic E-state index is 0. The molecule has 0 unspecified atom stereocenters. The van der Waals surface area contributed by atoms with Crippen molar-refractivity contribution >= 4 is 44.5 Å². The number of thiophene rings is 1. The van der Waals surface area contributed by atoms with Gasteiger partial charge in [0.2, 0.25) is 0 Å². The van der Waals surface area contributed by atoms with Crippen LogP contribution in [-0.4, -0.2) is 11.5 Å². The molecule has 4 heteroatoms. The highest BCUT2D eigenvalue weighted by atomic mass is 35.5. The molecule has 20 heavy (non-hydrogen) atoms. The van der Waals surface area contributed by atoms with Crippen molar-refractivity contribution in [1.29, 1.82) is 0 Å². The lowest BCUT2D eigenvalue weighted by molar-refractivity contribution is 0.891. The van der Waals surface area contributed by atoms with Crippen LogP contribution in [0.1, 0.15) is 13.3 Å². The summed E-state index contributed by atoms with van der Waals surface area (Å²) >= 11 is 1.85. The summed E-state index contributed by atoms with van der Waals surface area (Å²) in [4.78, 5) is 6.47. The Morgan fingerprint density at radius 2 is 1.85 bits per heavy atom. The number of hydrogen-bond donors (Lipinski definition) is 0. The number of halogens is 1. The molecule has 0 fully saturated rings. The van der Waals surface area contributed by atoms with Gasteiger partial charge in [0, 0.05) is 29.3 Å². The summed E-state index contributed by atoms with van der Waals surface area (Å²) in [6, 6.07) is 15.0. The molecule has 0 radical (unpaired) electrons. The molecule has 0 aliphatic carbocycles. The SMILES string of the molecule is CCCN(c1ccncc1)c1cc2ccccc2s1.Cl. The Morgan fingerprint density at radius 3 is 2.55 bits per heavy atom. The molecule has 0 saturated heterocycles. The second kappa shape index (κ2) is 6.73. The maximum atomic E-state index is 4.10. The summed E-state index contributed by atoms with van der Waals surface area (Å²) in [5, 5.41) is 2.62. The molecular formula is C16H17ClN2S. The lowest BCUT2D eigenvalue weighted by atomic mass is 10.2. The van der Waals surface area contributed by atoms with Crippen LogP contribution in [0.3, 0.4) is 0 Å². The average molecular weight is 305 g/mol. The highest BCUT2D eigenvalue weighted by Gasteiger charge is 2.11. The van der Waals surface area contributed by atoms with Crippen LogP contribution in [0.5, 0.6) is 0 Å². The average Bonchev–Trinajstić information content (AvgIpc) is 2.89. The predicted octanol–water partition coefficient (Wildman–Crippen LogP) is 5.27. The molecule has 2 heterocycles. The Kier molecular flexibility index (Phi) is 4.99. The standard InChI is InChI=1S/C16H16N2S.ClH/c1-2-11-18(14-7-9-17-10-8-14)16-12-13-5-3-4-6-15(13)19-16;/h3-10,12H,2,11H2,1H3;1H. The maximum absolute atomic E-state index is 4.10. The van der Waals surface area contributed by atoms with E-state index >= 15 is 0 Å². The van der Waals surface area contributed by atoms with E-state index in [0.29, 0.717) is 0 Å². The van der Waals surface area contributed by atoms with E-state index in [0.717, 1.165) is 13.0 Å². The van der Waals surface area contributed by atoms with Gasteiger partial charge in [-0.2, -0.15) is 0 Å². The molecule has 0 bridgehead atoms. The summed E-state index contributed by atoms with van der Waals surface area (Å²) < 4.78 is 1.34. The Bertz CT molecular complexity index is 633. The van der Waals surface area contributed by atoms with Crippen LogP contribution in [-0.2, 0) is 0 Å². The van der Waals surface area contributed by atoms with Gasteiger partial charge >= 0.3 is 0 Å². The number of anilines is 2. The van der Waals surface area contributed by atoms with Crippen molar-refractivity contribution in [3.8, 4) is 0 Å². The lowest BCUT2D eigenvalue weighted by Crippen LogP contribution is -2.16. The van der Waals surface area contributed by atoms with Crippen molar-refractivity contribution < 1.29 is 0 Å². The van der Waals surface area contributed by atoms with Crippen molar-refractivity contribution in [1.82, 2.24) is 4.98 Å². The van der Waals surface area contributed by atoms with Gasteiger partial charge in [-0.3, -0.25) is 4.98 Å². The molecule has 2 aromatic heterocycles. The first-order valence-corrected chi connectivity index (χ1v) is 7.36. The Hall–Kier alpha value is -1.58. The van der Waals surface area contributed by atoms with Gasteiger partial charge in [0.25, 0.3) is 0 Å². The van der Waals surface area contributed by atoms with Crippen LogP contribution >= 0.6 is 23.7 Å². The fourth-order valence-electron chi connectivity index (χ4n) is 2.22. The van der Waals surface area contributed by atoms with E-state index < -0.39 is 0 Å². The molecule has 0 aliphatic rings. The van der Waals surface area contributed by atoms with Crippen LogP contribution < -0.4 is 4.90 Å². The van der Waals surface area contributed by atoms with Gasteiger partial charge in [0.1, 0.15) is 0 Å². The molecule has 1 aromatic carbocycles. The van der Waals surface area contributed by atoms with E-state index in [4.69, 9.17) is 0 Å². The maximum Gasteiger partial charge on any atom is 0.0965 e. The van der Waals surface area contributed by atoms with E-state index in [-0.39, 0.29) is 12.4 Å². The van der Waals surface area contributed by atoms with E-state index in [1.165, 1.54) is 20.8 Å². The van der Waals surface area contributed by atoms with Gasteiger partial charge in [-0.1, -0.05) is 25.1 Å². The zero-order chi connectivity index (χ0) is 13.1. The van der Waals surface area contributed by atoms with Gasteiger partial charge < -0.3 is 4.90 Å². The zero-order valence-electron chi connectivity index (χ0n) is 11.3. The number of rotatable bonds is 4. The summed E-state index contributed by atoms with van der Waals surface area (Å²) in [6.45, 7) is 3.23. The first-order chi connectivity index (χ1) is 9.38. The van der Waals surface area contributed by atoms with Crippen LogP contribution in [0.25, 0.3) is 10.1 Å². The van der Waals surface area contributed by atoms with E-state index in [1.54, 1.807) is 0 Å². The molecule has 0 aliphatic heterocycles. The smallest absolute Gasteiger partial charge is 0.0965 e. The van der Waals surface area contributed by atoms with Crippen LogP contribution in [0, 0.1) is 0 Å². The van der Waals surface area contributed by atoms with Crippen molar-refractivity contribution in [2.24, 2.45) is 0 Å². The largest absolute Gasteiger partial charge is 0.333 e. The Morgan fingerprint density at radius 1 is 1.10 bits per heavy atom. The number of fused-ring (bicyclic) bond motifs is 1. The first-order valence-electron chi connectivity index (χ1n) is 6.54. The van der Waals surface area contributed by atoms with Crippen molar-refractivity contribution in [3.63, 3.8) is 0 Å². The molecule has 0 N–H and O–H groups in total. The van der Waals surface area contributed by atoms with Gasteiger partial charge in [0.05, 0.1) is 5.00 Å². The lowest BCUT2D eigenvalue weighted by Gasteiger charge is -2.22. The first kappa shape index (κ1) is 14.8. The number of aromatic nitrogens is 1. The Labute approximate surface area is 129 Å². The molecule has 3 aromatic rings. The molecule has 2 nitrogen and oxygen atoms in total.